The highest BCUT2D eigenvalue weighted by atomic mass is 31.2. The van der Waals surface area contributed by atoms with Crippen molar-refractivity contribution in [2.45, 2.75) is 69.8 Å². The van der Waals surface area contributed by atoms with E-state index in [-0.39, 0.29) is 0 Å². The van der Waals surface area contributed by atoms with E-state index in [1.54, 1.807) is 4.67 Å². The standard InChI is InChI=1S/C18H37N3O4P2/c1-18(22,27(24,25-2)21-16-10-5-11-17-21)26(23,19-12-6-3-7-13-19)20-14-8-4-9-15-20/h22H,3-17H2,1-2H3. The molecular formula is C18H37N3O4P2. The zero-order chi connectivity index (χ0) is 19.5. The first kappa shape index (κ1) is 22.0. The molecule has 0 amide bonds. The average Bonchev–Trinajstić information content (AvgIpc) is 2.74. The van der Waals surface area contributed by atoms with Gasteiger partial charge in [-0.3, -0.25) is 9.13 Å². The first-order valence-electron chi connectivity index (χ1n) is 10.6. The number of hydrogen-bond donors (Lipinski definition) is 1. The Labute approximate surface area is 164 Å². The summed E-state index contributed by atoms with van der Waals surface area (Å²) < 4.78 is 40.1. The minimum absolute atomic E-state index is 0.626. The van der Waals surface area contributed by atoms with Gasteiger partial charge in [-0.2, -0.15) is 0 Å². The van der Waals surface area contributed by atoms with Gasteiger partial charge in [-0.05, 0) is 45.4 Å². The van der Waals surface area contributed by atoms with Gasteiger partial charge in [0, 0.05) is 46.4 Å². The average molecular weight is 421 g/mol. The maximum absolute atomic E-state index is 14.7. The zero-order valence-corrected chi connectivity index (χ0v) is 18.8. The summed E-state index contributed by atoms with van der Waals surface area (Å²) >= 11 is 0. The van der Waals surface area contributed by atoms with Crippen molar-refractivity contribution in [2.24, 2.45) is 0 Å². The van der Waals surface area contributed by atoms with Crippen LogP contribution in [0.3, 0.4) is 0 Å². The van der Waals surface area contributed by atoms with Crippen LogP contribution in [0, 0.1) is 0 Å². The van der Waals surface area contributed by atoms with Gasteiger partial charge < -0.3 is 9.63 Å². The third kappa shape index (κ3) is 3.86. The molecule has 3 saturated heterocycles. The Kier molecular flexibility index (Phi) is 7.28. The molecule has 9 heteroatoms. The molecule has 0 saturated carbocycles. The summed E-state index contributed by atoms with van der Waals surface area (Å²) in [6, 6.07) is 0. The van der Waals surface area contributed by atoms with Crippen LogP contribution in [0.15, 0.2) is 0 Å². The molecule has 27 heavy (non-hydrogen) atoms. The third-order valence-electron chi connectivity index (χ3n) is 6.47. The third-order valence-corrected chi connectivity index (χ3v) is 14.2. The molecule has 1 N–H and O–H groups in total. The molecule has 7 nitrogen and oxygen atoms in total. The fourth-order valence-electron chi connectivity index (χ4n) is 4.87. The number of piperidine rings is 3. The lowest BCUT2D eigenvalue weighted by Gasteiger charge is -2.51. The van der Waals surface area contributed by atoms with Gasteiger partial charge in [0.05, 0.1) is 0 Å². The quantitative estimate of drug-likeness (QED) is 0.646. The van der Waals surface area contributed by atoms with Gasteiger partial charge in [0.1, 0.15) is 0 Å². The molecule has 0 spiro atoms. The Morgan fingerprint density at radius 1 is 0.704 bits per heavy atom. The van der Waals surface area contributed by atoms with E-state index in [1.165, 1.54) is 14.0 Å². The van der Waals surface area contributed by atoms with Crippen molar-refractivity contribution in [1.29, 1.82) is 0 Å². The van der Waals surface area contributed by atoms with E-state index in [0.717, 1.165) is 57.8 Å². The molecule has 0 radical (unpaired) electrons. The number of hydrogen-bond acceptors (Lipinski definition) is 4. The van der Waals surface area contributed by atoms with Gasteiger partial charge in [0.25, 0.3) is 7.44 Å². The maximum Gasteiger partial charge on any atom is 0.313 e. The summed E-state index contributed by atoms with van der Waals surface area (Å²) in [6.07, 6.45) is 9.06. The van der Waals surface area contributed by atoms with Crippen LogP contribution in [0.5, 0.6) is 0 Å². The number of rotatable bonds is 6. The van der Waals surface area contributed by atoms with Gasteiger partial charge in [-0.15, -0.1) is 0 Å². The zero-order valence-electron chi connectivity index (χ0n) is 17.0. The van der Waals surface area contributed by atoms with E-state index in [2.05, 4.69) is 0 Å². The molecule has 0 aromatic carbocycles. The van der Waals surface area contributed by atoms with E-state index in [4.69, 9.17) is 4.52 Å². The van der Waals surface area contributed by atoms with Crippen LogP contribution in [-0.2, 0) is 13.7 Å². The van der Waals surface area contributed by atoms with Crippen molar-refractivity contribution >= 4 is 15.0 Å². The molecule has 3 fully saturated rings. The van der Waals surface area contributed by atoms with Crippen LogP contribution in [0.4, 0.5) is 0 Å². The normalized spacial score (nSPS) is 29.1. The Morgan fingerprint density at radius 3 is 1.37 bits per heavy atom. The molecule has 0 bridgehead atoms. The highest BCUT2D eigenvalue weighted by molar-refractivity contribution is 7.77. The Balaban J connectivity index is 2.02. The molecule has 0 aromatic heterocycles. The molecule has 3 aliphatic rings. The number of nitrogens with zero attached hydrogens (tertiary/aromatic N) is 3. The van der Waals surface area contributed by atoms with Gasteiger partial charge in [-0.1, -0.05) is 19.3 Å². The molecule has 0 aromatic rings. The molecular weight excluding hydrogens is 384 g/mol. The molecule has 158 valence electrons. The van der Waals surface area contributed by atoms with Crippen LogP contribution < -0.4 is 0 Å². The molecule has 2 unspecified atom stereocenters. The minimum atomic E-state index is -3.69. The summed E-state index contributed by atoms with van der Waals surface area (Å²) in [5, 5.41) is 9.93. The van der Waals surface area contributed by atoms with Crippen molar-refractivity contribution in [3.8, 4) is 0 Å². The first-order valence-corrected chi connectivity index (χ1v) is 13.8. The van der Waals surface area contributed by atoms with Gasteiger partial charge in [0.15, 0.2) is 0 Å². The summed E-state index contributed by atoms with van der Waals surface area (Å²) in [4.78, 5) is 0. The minimum Gasteiger partial charge on any atom is -0.370 e. The van der Waals surface area contributed by atoms with E-state index in [9.17, 15) is 14.2 Å². The summed E-state index contributed by atoms with van der Waals surface area (Å²) in [7, 11) is -5.77. The lowest BCUT2D eigenvalue weighted by molar-refractivity contribution is 0.137. The molecule has 0 aliphatic carbocycles. The molecule has 3 rings (SSSR count). The van der Waals surface area contributed by atoms with Gasteiger partial charge in [0.2, 0.25) is 5.08 Å². The summed E-state index contributed by atoms with van der Waals surface area (Å²) in [6.45, 7) is 5.53. The van der Waals surface area contributed by atoms with Crippen molar-refractivity contribution in [2.75, 3.05) is 46.4 Å². The Hall–Kier alpha value is 0.260. The van der Waals surface area contributed by atoms with Crippen LogP contribution in [0.25, 0.3) is 0 Å². The maximum atomic E-state index is 14.7. The van der Waals surface area contributed by atoms with Gasteiger partial charge >= 0.3 is 7.52 Å². The van der Waals surface area contributed by atoms with E-state index < -0.39 is 20.0 Å². The van der Waals surface area contributed by atoms with Crippen LogP contribution in [0.1, 0.15) is 64.7 Å². The van der Waals surface area contributed by atoms with Crippen molar-refractivity contribution < 1.29 is 18.8 Å². The van der Waals surface area contributed by atoms with Crippen LogP contribution in [0.2, 0.25) is 0 Å². The Morgan fingerprint density at radius 2 is 1.04 bits per heavy atom. The molecule has 3 heterocycles. The van der Waals surface area contributed by atoms with Crippen LogP contribution >= 0.6 is 15.0 Å². The second-order valence-electron chi connectivity index (χ2n) is 8.26. The van der Waals surface area contributed by atoms with Crippen LogP contribution in [-0.4, -0.2) is 70.6 Å². The fourth-order valence-corrected chi connectivity index (χ4v) is 12.6. The van der Waals surface area contributed by atoms with Crippen molar-refractivity contribution in [1.82, 2.24) is 14.0 Å². The predicted molar refractivity (Wildman–Crippen MR) is 109 cm³/mol. The monoisotopic (exact) mass is 421 g/mol. The second-order valence-corrected chi connectivity index (χ2v) is 14.5. The Bertz CT molecular complexity index is 561. The second kappa shape index (κ2) is 8.95. The SMILES string of the molecule is COP(=O)(N1CCCCC1)C(C)(O)P(=O)(N1CCCCC1)N1CCCCC1. The topological polar surface area (TPSA) is 73.3 Å². The molecule has 3 aliphatic heterocycles. The smallest absolute Gasteiger partial charge is 0.313 e. The fraction of sp³-hybridized carbons (Fsp3) is 1.00. The number of aliphatic hydroxyl groups is 1. The molecule has 2 atom stereocenters. The van der Waals surface area contributed by atoms with Gasteiger partial charge in [-0.25, -0.2) is 14.0 Å². The lowest BCUT2D eigenvalue weighted by atomic mass is 10.2. The van der Waals surface area contributed by atoms with Crippen molar-refractivity contribution in [3.63, 3.8) is 0 Å². The highest BCUT2D eigenvalue weighted by Gasteiger charge is 2.64. The van der Waals surface area contributed by atoms with E-state index in [1.807, 2.05) is 9.34 Å². The largest absolute Gasteiger partial charge is 0.370 e. The summed E-state index contributed by atoms with van der Waals surface area (Å²) in [5.74, 6) is 0. The van der Waals surface area contributed by atoms with Crippen molar-refractivity contribution in [3.05, 3.63) is 0 Å². The highest BCUT2D eigenvalue weighted by Crippen LogP contribution is 2.79. The van der Waals surface area contributed by atoms with E-state index >= 15 is 0 Å². The predicted octanol–water partition coefficient (Wildman–Crippen LogP) is 4.14. The first-order chi connectivity index (χ1) is 12.9. The van der Waals surface area contributed by atoms with E-state index in [0.29, 0.717) is 39.3 Å². The lowest BCUT2D eigenvalue weighted by Crippen LogP contribution is -2.49. The summed E-state index contributed by atoms with van der Waals surface area (Å²) in [5.41, 5.74) is 0.